The van der Waals surface area contributed by atoms with E-state index in [1.54, 1.807) is 0 Å². The van der Waals surface area contributed by atoms with Crippen molar-refractivity contribution in [1.82, 2.24) is 10.2 Å². The molecule has 1 fully saturated rings. The molecule has 4 heteroatoms. The van der Waals surface area contributed by atoms with Crippen molar-refractivity contribution in [1.29, 1.82) is 0 Å². The van der Waals surface area contributed by atoms with Gasteiger partial charge in [0, 0.05) is 25.7 Å². The predicted octanol–water partition coefficient (Wildman–Crippen LogP) is 0.882. The third kappa shape index (κ3) is 2.84. The minimum Gasteiger partial charge on any atom is -0.465 e. The monoisotopic (exact) mass is 223 g/mol. The molecule has 2 rings (SSSR count). The summed E-state index contributed by atoms with van der Waals surface area (Å²) in [5.41, 5.74) is 6.13. The molecule has 16 heavy (non-hydrogen) atoms. The lowest BCUT2D eigenvalue weighted by molar-refractivity contribution is 0.222. The first-order valence-electron chi connectivity index (χ1n) is 5.89. The van der Waals surface area contributed by atoms with Gasteiger partial charge in [-0.2, -0.15) is 0 Å². The van der Waals surface area contributed by atoms with Crippen LogP contribution in [0, 0.1) is 6.92 Å². The third-order valence-electron chi connectivity index (χ3n) is 3.12. The Morgan fingerprint density at radius 1 is 1.62 bits per heavy atom. The Labute approximate surface area is 96.8 Å². The number of aryl methyl sites for hydroxylation is 1. The molecule has 3 N–H and O–H groups in total. The maximum atomic E-state index is 6.13. The Morgan fingerprint density at radius 2 is 2.44 bits per heavy atom. The number of likely N-dealkylation sites (N-methyl/N-ethyl adjacent to an activating group) is 1. The van der Waals surface area contributed by atoms with Crippen molar-refractivity contribution in [2.75, 3.05) is 26.7 Å². The average molecular weight is 223 g/mol. The highest BCUT2D eigenvalue weighted by atomic mass is 16.3. The molecule has 1 aromatic heterocycles. The zero-order chi connectivity index (χ0) is 11.5. The molecule has 1 saturated heterocycles. The minimum absolute atomic E-state index is 0.00213. The maximum absolute atomic E-state index is 6.13. The van der Waals surface area contributed by atoms with E-state index in [1.165, 1.54) is 0 Å². The van der Waals surface area contributed by atoms with Crippen LogP contribution in [0.2, 0.25) is 0 Å². The van der Waals surface area contributed by atoms with Gasteiger partial charge < -0.3 is 20.4 Å². The molecule has 2 heterocycles. The minimum atomic E-state index is -0.00213. The van der Waals surface area contributed by atoms with Crippen LogP contribution in [0.25, 0.3) is 0 Å². The zero-order valence-electron chi connectivity index (χ0n) is 10.1. The van der Waals surface area contributed by atoms with Crippen molar-refractivity contribution >= 4 is 0 Å². The van der Waals surface area contributed by atoms with Gasteiger partial charge in [-0.3, -0.25) is 0 Å². The van der Waals surface area contributed by atoms with Crippen molar-refractivity contribution in [3.05, 3.63) is 23.7 Å². The van der Waals surface area contributed by atoms with E-state index in [2.05, 4.69) is 17.3 Å². The molecule has 1 aromatic rings. The predicted molar refractivity (Wildman–Crippen MR) is 64.3 cm³/mol. The zero-order valence-corrected chi connectivity index (χ0v) is 10.1. The summed E-state index contributed by atoms with van der Waals surface area (Å²) in [6.45, 7) is 5.17. The van der Waals surface area contributed by atoms with E-state index in [-0.39, 0.29) is 6.04 Å². The molecule has 0 aliphatic carbocycles. The lowest BCUT2D eigenvalue weighted by atomic mass is 10.0. The summed E-state index contributed by atoms with van der Waals surface area (Å²) in [5, 5.41) is 3.49. The Balaban J connectivity index is 1.89. The number of nitrogens with two attached hydrogens (primary N) is 1. The Bertz CT molecular complexity index is 337. The lowest BCUT2D eigenvalue weighted by Gasteiger charge is -2.32. The molecule has 90 valence electrons. The normalized spacial score (nSPS) is 24.6. The largest absolute Gasteiger partial charge is 0.465 e. The quantitative estimate of drug-likeness (QED) is 0.799. The fraction of sp³-hybridized carbons (Fsp3) is 0.667. The Morgan fingerprint density at radius 3 is 3.06 bits per heavy atom. The molecule has 0 radical (unpaired) electrons. The van der Waals surface area contributed by atoms with Gasteiger partial charge in [0.2, 0.25) is 0 Å². The van der Waals surface area contributed by atoms with E-state index < -0.39 is 0 Å². The van der Waals surface area contributed by atoms with Gasteiger partial charge in [0.05, 0.1) is 6.04 Å². The van der Waals surface area contributed by atoms with E-state index in [9.17, 15) is 0 Å². The second-order valence-electron chi connectivity index (χ2n) is 4.70. The molecule has 0 saturated carbocycles. The first kappa shape index (κ1) is 11.6. The number of piperazine rings is 1. The van der Waals surface area contributed by atoms with Crippen molar-refractivity contribution in [2.45, 2.75) is 25.4 Å². The molecular weight excluding hydrogens is 202 g/mol. The van der Waals surface area contributed by atoms with Crippen LogP contribution in [0.4, 0.5) is 0 Å². The van der Waals surface area contributed by atoms with Gasteiger partial charge in [0.15, 0.2) is 0 Å². The van der Waals surface area contributed by atoms with Crippen LogP contribution in [-0.4, -0.2) is 37.6 Å². The molecule has 2 atom stereocenters. The second kappa shape index (κ2) is 4.99. The molecule has 0 amide bonds. The van der Waals surface area contributed by atoms with Gasteiger partial charge in [-0.05, 0) is 32.5 Å². The van der Waals surface area contributed by atoms with Gasteiger partial charge in [0.1, 0.15) is 11.5 Å². The first-order valence-corrected chi connectivity index (χ1v) is 5.89. The van der Waals surface area contributed by atoms with E-state index in [0.29, 0.717) is 6.04 Å². The SMILES string of the molecule is Cc1ccc(C(N)CC2CN(C)CCN2)o1. The van der Waals surface area contributed by atoms with E-state index in [0.717, 1.165) is 37.6 Å². The molecule has 0 spiro atoms. The van der Waals surface area contributed by atoms with E-state index in [4.69, 9.17) is 10.2 Å². The number of hydrogen-bond acceptors (Lipinski definition) is 4. The van der Waals surface area contributed by atoms with Gasteiger partial charge in [-0.25, -0.2) is 0 Å². The highest BCUT2D eigenvalue weighted by Gasteiger charge is 2.21. The average Bonchev–Trinajstić information content (AvgIpc) is 2.65. The molecule has 1 aliphatic rings. The fourth-order valence-corrected chi connectivity index (χ4v) is 2.22. The van der Waals surface area contributed by atoms with Gasteiger partial charge in [-0.1, -0.05) is 0 Å². The topological polar surface area (TPSA) is 54.4 Å². The highest BCUT2D eigenvalue weighted by molar-refractivity contribution is 5.09. The van der Waals surface area contributed by atoms with Gasteiger partial charge in [0.25, 0.3) is 0 Å². The molecule has 2 unspecified atom stereocenters. The van der Waals surface area contributed by atoms with Crippen molar-refractivity contribution in [2.24, 2.45) is 5.73 Å². The van der Waals surface area contributed by atoms with Crippen molar-refractivity contribution < 1.29 is 4.42 Å². The standard InChI is InChI=1S/C12H21N3O/c1-9-3-4-12(16-9)11(13)7-10-8-15(2)6-5-14-10/h3-4,10-11,14H,5-8,13H2,1-2H3. The van der Waals surface area contributed by atoms with Crippen molar-refractivity contribution in [3.63, 3.8) is 0 Å². The fourth-order valence-electron chi connectivity index (χ4n) is 2.22. The third-order valence-corrected chi connectivity index (χ3v) is 3.12. The molecule has 0 bridgehead atoms. The number of nitrogens with zero attached hydrogens (tertiary/aromatic N) is 1. The summed E-state index contributed by atoms with van der Waals surface area (Å²) in [6.07, 6.45) is 0.928. The summed E-state index contributed by atoms with van der Waals surface area (Å²) in [4.78, 5) is 2.33. The van der Waals surface area contributed by atoms with Crippen LogP contribution in [0.1, 0.15) is 24.0 Å². The summed E-state index contributed by atoms with van der Waals surface area (Å²) in [6, 6.07) is 4.42. The summed E-state index contributed by atoms with van der Waals surface area (Å²) >= 11 is 0. The van der Waals surface area contributed by atoms with Crippen LogP contribution in [0.15, 0.2) is 16.5 Å². The number of furan rings is 1. The summed E-state index contributed by atoms with van der Waals surface area (Å²) in [5.74, 6) is 1.83. The van der Waals surface area contributed by atoms with Crippen LogP contribution in [0.5, 0.6) is 0 Å². The smallest absolute Gasteiger partial charge is 0.120 e. The number of rotatable bonds is 3. The summed E-state index contributed by atoms with van der Waals surface area (Å²) < 4.78 is 5.55. The molecule has 1 aliphatic heterocycles. The second-order valence-corrected chi connectivity index (χ2v) is 4.70. The van der Waals surface area contributed by atoms with Crippen LogP contribution >= 0.6 is 0 Å². The van der Waals surface area contributed by atoms with Crippen LogP contribution in [0.3, 0.4) is 0 Å². The van der Waals surface area contributed by atoms with E-state index in [1.807, 2.05) is 19.1 Å². The number of nitrogens with one attached hydrogen (secondary N) is 1. The highest BCUT2D eigenvalue weighted by Crippen LogP contribution is 2.19. The van der Waals surface area contributed by atoms with Crippen LogP contribution in [-0.2, 0) is 0 Å². The first-order chi connectivity index (χ1) is 7.65. The molecule has 4 nitrogen and oxygen atoms in total. The number of hydrogen-bond donors (Lipinski definition) is 2. The lowest BCUT2D eigenvalue weighted by Crippen LogP contribution is -2.49. The van der Waals surface area contributed by atoms with E-state index >= 15 is 0 Å². The Hall–Kier alpha value is -0.840. The van der Waals surface area contributed by atoms with Gasteiger partial charge in [-0.15, -0.1) is 0 Å². The Kier molecular flexibility index (Phi) is 3.63. The summed E-state index contributed by atoms with van der Waals surface area (Å²) in [7, 11) is 2.15. The molecular formula is C12H21N3O. The molecule has 0 aromatic carbocycles. The van der Waals surface area contributed by atoms with Crippen LogP contribution < -0.4 is 11.1 Å². The maximum Gasteiger partial charge on any atom is 0.120 e. The van der Waals surface area contributed by atoms with Crippen molar-refractivity contribution in [3.8, 4) is 0 Å². The van der Waals surface area contributed by atoms with Gasteiger partial charge >= 0.3 is 0 Å².